The number of carbonyl (C=O) groups excluding carboxylic acids is 1. The third kappa shape index (κ3) is 2.61. The van der Waals surface area contributed by atoms with Gasteiger partial charge in [0.25, 0.3) is 0 Å². The summed E-state index contributed by atoms with van der Waals surface area (Å²) in [5, 5.41) is 3.00. The quantitative estimate of drug-likeness (QED) is 0.859. The van der Waals surface area contributed by atoms with Crippen molar-refractivity contribution in [1.29, 1.82) is 0 Å². The lowest BCUT2D eigenvalue weighted by Crippen LogP contribution is -2.51. The SMILES string of the molecule is CN(Cc1cc(F)ccc1F)C(=O)C1CNC1. The molecule has 0 unspecified atom stereocenters. The molecular formula is C12H14F2N2O. The molecule has 1 heterocycles. The van der Waals surface area contributed by atoms with Crippen LogP contribution in [0.4, 0.5) is 8.78 Å². The lowest BCUT2D eigenvalue weighted by Gasteiger charge is -2.30. The molecule has 1 aliphatic rings. The number of carbonyl (C=O) groups is 1. The second kappa shape index (κ2) is 4.79. The zero-order valence-electron chi connectivity index (χ0n) is 9.54. The summed E-state index contributed by atoms with van der Waals surface area (Å²) in [6.07, 6.45) is 0. The standard InChI is InChI=1S/C12H14F2N2O/c1-16(12(17)9-5-15-6-9)7-8-4-10(13)2-3-11(8)14/h2-4,9,15H,5-7H2,1H3. The van der Waals surface area contributed by atoms with Crippen LogP contribution in [0, 0.1) is 17.6 Å². The molecule has 17 heavy (non-hydrogen) atoms. The number of halogens is 2. The van der Waals surface area contributed by atoms with E-state index < -0.39 is 11.6 Å². The predicted octanol–water partition coefficient (Wildman–Crippen LogP) is 1.14. The first-order valence-electron chi connectivity index (χ1n) is 5.47. The van der Waals surface area contributed by atoms with E-state index in [1.807, 2.05) is 0 Å². The number of nitrogens with one attached hydrogen (secondary N) is 1. The molecule has 5 heteroatoms. The summed E-state index contributed by atoms with van der Waals surface area (Å²) in [7, 11) is 1.60. The number of hydrogen-bond donors (Lipinski definition) is 1. The minimum atomic E-state index is -0.493. The van der Waals surface area contributed by atoms with Gasteiger partial charge < -0.3 is 10.2 Å². The first-order chi connectivity index (χ1) is 8.08. The highest BCUT2D eigenvalue weighted by atomic mass is 19.1. The Morgan fingerprint density at radius 1 is 1.47 bits per heavy atom. The van der Waals surface area contributed by atoms with Crippen LogP contribution in [-0.2, 0) is 11.3 Å². The summed E-state index contributed by atoms with van der Waals surface area (Å²) in [5.74, 6) is -1.05. The highest BCUT2D eigenvalue weighted by Gasteiger charge is 2.27. The molecule has 1 aliphatic heterocycles. The Balaban J connectivity index is 2.04. The fourth-order valence-corrected chi connectivity index (χ4v) is 1.77. The Labute approximate surface area is 98.4 Å². The molecule has 0 radical (unpaired) electrons. The van der Waals surface area contributed by atoms with Crippen LogP contribution < -0.4 is 5.32 Å². The van der Waals surface area contributed by atoms with Gasteiger partial charge in [-0.25, -0.2) is 8.78 Å². The normalized spacial score (nSPS) is 15.5. The topological polar surface area (TPSA) is 32.3 Å². The summed E-state index contributed by atoms with van der Waals surface area (Å²) in [6, 6.07) is 3.27. The van der Waals surface area contributed by atoms with Crippen LogP contribution in [0.15, 0.2) is 18.2 Å². The van der Waals surface area contributed by atoms with Crippen LogP contribution in [0.3, 0.4) is 0 Å². The summed E-state index contributed by atoms with van der Waals surface area (Å²) >= 11 is 0. The monoisotopic (exact) mass is 240 g/mol. The van der Waals surface area contributed by atoms with Gasteiger partial charge in [0.15, 0.2) is 0 Å². The van der Waals surface area contributed by atoms with E-state index in [-0.39, 0.29) is 23.9 Å². The second-order valence-electron chi connectivity index (χ2n) is 4.29. The molecule has 0 aliphatic carbocycles. The summed E-state index contributed by atoms with van der Waals surface area (Å²) in [4.78, 5) is 13.2. The van der Waals surface area contributed by atoms with E-state index in [9.17, 15) is 13.6 Å². The summed E-state index contributed by atoms with van der Waals surface area (Å²) in [5.41, 5.74) is 0.202. The van der Waals surface area contributed by atoms with Crippen LogP contribution in [0.5, 0.6) is 0 Å². The van der Waals surface area contributed by atoms with Crippen molar-refractivity contribution in [3.8, 4) is 0 Å². The van der Waals surface area contributed by atoms with Crippen molar-refractivity contribution >= 4 is 5.91 Å². The molecule has 0 spiro atoms. The number of rotatable bonds is 3. The van der Waals surface area contributed by atoms with Crippen molar-refractivity contribution in [3.05, 3.63) is 35.4 Å². The fraction of sp³-hybridized carbons (Fsp3) is 0.417. The molecule has 1 amide bonds. The Morgan fingerprint density at radius 3 is 2.76 bits per heavy atom. The van der Waals surface area contributed by atoms with Crippen molar-refractivity contribution in [2.45, 2.75) is 6.54 Å². The van der Waals surface area contributed by atoms with E-state index in [1.165, 1.54) is 4.90 Å². The molecule has 1 aromatic rings. The zero-order chi connectivity index (χ0) is 12.4. The van der Waals surface area contributed by atoms with Gasteiger partial charge in [-0.15, -0.1) is 0 Å². The molecule has 0 aromatic heterocycles. The van der Waals surface area contributed by atoms with E-state index in [1.54, 1.807) is 7.05 Å². The maximum Gasteiger partial charge on any atom is 0.228 e. The van der Waals surface area contributed by atoms with E-state index in [2.05, 4.69) is 5.32 Å². The maximum absolute atomic E-state index is 13.4. The molecule has 0 bridgehead atoms. The smallest absolute Gasteiger partial charge is 0.228 e. The van der Waals surface area contributed by atoms with Crippen molar-refractivity contribution in [3.63, 3.8) is 0 Å². The molecule has 92 valence electrons. The number of amides is 1. The second-order valence-corrected chi connectivity index (χ2v) is 4.29. The highest BCUT2D eigenvalue weighted by molar-refractivity contribution is 5.79. The molecule has 1 fully saturated rings. The number of benzene rings is 1. The average molecular weight is 240 g/mol. The lowest BCUT2D eigenvalue weighted by molar-refractivity contribution is -0.136. The van der Waals surface area contributed by atoms with Crippen molar-refractivity contribution in [2.24, 2.45) is 5.92 Å². The van der Waals surface area contributed by atoms with Gasteiger partial charge in [-0.1, -0.05) is 0 Å². The highest BCUT2D eigenvalue weighted by Crippen LogP contribution is 2.14. The summed E-state index contributed by atoms with van der Waals surface area (Å²) in [6.45, 7) is 1.42. The van der Waals surface area contributed by atoms with E-state index in [4.69, 9.17) is 0 Å². The van der Waals surface area contributed by atoms with Crippen LogP contribution in [-0.4, -0.2) is 30.9 Å². The first kappa shape index (κ1) is 12.0. The lowest BCUT2D eigenvalue weighted by atomic mass is 10.0. The van der Waals surface area contributed by atoms with Crippen LogP contribution >= 0.6 is 0 Å². The van der Waals surface area contributed by atoms with E-state index in [0.717, 1.165) is 18.2 Å². The van der Waals surface area contributed by atoms with E-state index in [0.29, 0.717) is 13.1 Å². The van der Waals surface area contributed by atoms with Gasteiger partial charge in [0, 0.05) is 32.2 Å². The third-order valence-electron chi connectivity index (χ3n) is 2.92. The molecule has 3 nitrogen and oxygen atoms in total. The van der Waals surface area contributed by atoms with E-state index >= 15 is 0 Å². The molecule has 2 rings (SSSR count). The Hall–Kier alpha value is -1.49. The number of hydrogen-bond acceptors (Lipinski definition) is 2. The average Bonchev–Trinajstić information content (AvgIpc) is 2.21. The predicted molar refractivity (Wildman–Crippen MR) is 59.2 cm³/mol. The zero-order valence-corrected chi connectivity index (χ0v) is 9.54. The van der Waals surface area contributed by atoms with Gasteiger partial charge in [0.05, 0.1) is 5.92 Å². The van der Waals surface area contributed by atoms with Crippen LogP contribution in [0.25, 0.3) is 0 Å². The molecule has 1 aromatic carbocycles. The third-order valence-corrected chi connectivity index (χ3v) is 2.92. The van der Waals surface area contributed by atoms with Gasteiger partial charge >= 0.3 is 0 Å². The van der Waals surface area contributed by atoms with Crippen molar-refractivity contribution in [1.82, 2.24) is 10.2 Å². The minimum absolute atomic E-state index is 0.0309. The van der Waals surface area contributed by atoms with Gasteiger partial charge in [-0.3, -0.25) is 4.79 Å². The molecule has 0 atom stereocenters. The largest absolute Gasteiger partial charge is 0.341 e. The molecule has 1 saturated heterocycles. The fourth-order valence-electron chi connectivity index (χ4n) is 1.77. The van der Waals surface area contributed by atoms with Crippen molar-refractivity contribution in [2.75, 3.05) is 20.1 Å². The summed E-state index contributed by atoms with van der Waals surface area (Å²) < 4.78 is 26.3. The Morgan fingerprint density at radius 2 is 2.18 bits per heavy atom. The maximum atomic E-state index is 13.4. The minimum Gasteiger partial charge on any atom is -0.341 e. The van der Waals surface area contributed by atoms with Gasteiger partial charge in [-0.05, 0) is 18.2 Å². The van der Waals surface area contributed by atoms with Gasteiger partial charge in [0.1, 0.15) is 11.6 Å². The Kier molecular flexibility index (Phi) is 3.38. The van der Waals surface area contributed by atoms with Crippen molar-refractivity contribution < 1.29 is 13.6 Å². The molecule has 0 saturated carbocycles. The van der Waals surface area contributed by atoms with Crippen LogP contribution in [0.1, 0.15) is 5.56 Å². The first-order valence-corrected chi connectivity index (χ1v) is 5.47. The van der Waals surface area contributed by atoms with Gasteiger partial charge in [-0.2, -0.15) is 0 Å². The molecular weight excluding hydrogens is 226 g/mol. The van der Waals surface area contributed by atoms with Gasteiger partial charge in [0.2, 0.25) is 5.91 Å². The van der Waals surface area contributed by atoms with Crippen LogP contribution in [0.2, 0.25) is 0 Å². The molecule has 1 N–H and O–H groups in total. The number of nitrogens with zero attached hydrogens (tertiary/aromatic N) is 1. The Bertz CT molecular complexity index is 433.